The number of carbonyl (C=O) groups is 3. The molecule has 6 heteroatoms. The van der Waals surface area contributed by atoms with Crippen LogP contribution in [0.25, 0.3) is 11.0 Å². The van der Waals surface area contributed by atoms with Gasteiger partial charge in [-0.3, -0.25) is 14.4 Å². The number of piperazine rings is 1. The van der Waals surface area contributed by atoms with E-state index in [1.54, 1.807) is 4.90 Å². The summed E-state index contributed by atoms with van der Waals surface area (Å²) >= 11 is 0. The first-order chi connectivity index (χ1) is 18.0. The number of hydrogen-bond acceptors (Lipinski definition) is 4. The molecular formula is C32H38N2O4. The van der Waals surface area contributed by atoms with Gasteiger partial charge < -0.3 is 14.6 Å². The normalized spacial score (nSPS) is 21.2. The molecule has 0 unspecified atom stereocenters. The molecule has 1 fully saturated rings. The highest BCUT2D eigenvalue weighted by atomic mass is 16.3. The highest BCUT2D eigenvalue weighted by Crippen LogP contribution is 2.38. The first-order valence-corrected chi connectivity index (χ1v) is 13.7. The molecule has 1 aliphatic carbocycles. The van der Waals surface area contributed by atoms with Crippen molar-refractivity contribution >= 4 is 28.6 Å². The van der Waals surface area contributed by atoms with Crippen molar-refractivity contribution in [2.45, 2.75) is 78.4 Å². The molecule has 0 radical (unpaired) electrons. The van der Waals surface area contributed by atoms with Crippen molar-refractivity contribution in [2.75, 3.05) is 0 Å². The number of benzene rings is 2. The van der Waals surface area contributed by atoms with Crippen LogP contribution in [0.15, 0.2) is 59.0 Å². The van der Waals surface area contributed by atoms with Crippen molar-refractivity contribution in [1.29, 1.82) is 0 Å². The summed E-state index contributed by atoms with van der Waals surface area (Å²) in [5.41, 5.74) is 2.80. The van der Waals surface area contributed by atoms with Crippen LogP contribution in [-0.2, 0) is 27.2 Å². The number of nitrogens with one attached hydrogen (secondary N) is 1. The van der Waals surface area contributed by atoms with E-state index < -0.39 is 18.1 Å². The molecule has 0 saturated carbocycles. The molecule has 6 nitrogen and oxygen atoms in total. The Labute approximate surface area is 224 Å². The number of amides is 2. The minimum atomic E-state index is -0.963. The lowest BCUT2D eigenvalue weighted by Crippen LogP contribution is -2.66. The highest BCUT2D eigenvalue weighted by Gasteiger charge is 2.50. The lowest BCUT2D eigenvalue weighted by Gasteiger charge is -2.44. The van der Waals surface area contributed by atoms with E-state index in [1.165, 1.54) is 11.1 Å². The smallest absolute Gasteiger partial charge is 0.247 e. The van der Waals surface area contributed by atoms with Crippen molar-refractivity contribution in [3.8, 4) is 0 Å². The minimum Gasteiger partial charge on any atom is -0.458 e. The Morgan fingerprint density at radius 2 is 1.66 bits per heavy atom. The molecular weight excluding hydrogens is 476 g/mol. The van der Waals surface area contributed by atoms with Crippen LogP contribution in [0.5, 0.6) is 0 Å². The Balaban J connectivity index is 1.58. The molecule has 5 rings (SSSR count). The van der Waals surface area contributed by atoms with Gasteiger partial charge in [-0.25, -0.2) is 0 Å². The van der Waals surface area contributed by atoms with Crippen LogP contribution < -0.4 is 5.32 Å². The van der Waals surface area contributed by atoms with Crippen molar-refractivity contribution in [3.05, 3.63) is 71.5 Å². The number of para-hydroxylation sites is 1. The zero-order chi connectivity index (χ0) is 27.2. The van der Waals surface area contributed by atoms with Gasteiger partial charge in [0.15, 0.2) is 5.78 Å². The number of nitrogens with zero attached hydrogens (tertiary/aromatic N) is 1. The molecule has 1 aliphatic heterocycles. The Morgan fingerprint density at radius 1 is 1.03 bits per heavy atom. The van der Waals surface area contributed by atoms with E-state index in [1.807, 2.05) is 77.1 Å². The molecule has 200 valence electrons. The van der Waals surface area contributed by atoms with E-state index in [2.05, 4.69) is 17.4 Å². The maximum absolute atomic E-state index is 14.4. The van der Waals surface area contributed by atoms with Gasteiger partial charge in [0.1, 0.15) is 29.5 Å². The average molecular weight is 515 g/mol. The van der Waals surface area contributed by atoms with Gasteiger partial charge in [0, 0.05) is 11.8 Å². The summed E-state index contributed by atoms with van der Waals surface area (Å²) < 4.78 is 6.22. The molecule has 2 aliphatic rings. The van der Waals surface area contributed by atoms with Gasteiger partial charge in [-0.1, -0.05) is 77.1 Å². The third-order valence-corrected chi connectivity index (χ3v) is 7.71. The summed E-state index contributed by atoms with van der Waals surface area (Å²) in [5.74, 6) is 0.0278. The lowest BCUT2D eigenvalue weighted by molar-refractivity contribution is -0.158. The van der Waals surface area contributed by atoms with Gasteiger partial charge in [0.2, 0.25) is 11.8 Å². The maximum atomic E-state index is 14.4. The van der Waals surface area contributed by atoms with E-state index in [4.69, 9.17) is 4.42 Å². The number of Topliss-reactive ketones (excluding diaryl/α,β-unsaturated/α-hetero) is 1. The second-order valence-electron chi connectivity index (χ2n) is 12.6. The predicted octanol–water partition coefficient (Wildman–Crippen LogP) is 5.64. The van der Waals surface area contributed by atoms with Gasteiger partial charge in [-0.05, 0) is 59.8 Å². The molecule has 38 heavy (non-hydrogen) atoms. The molecule has 2 amide bonds. The van der Waals surface area contributed by atoms with Crippen LogP contribution in [0.1, 0.15) is 70.4 Å². The topological polar surface area (TPSA) is 79.6 Å². The van der Waals surface area contributed by atoms with Crippen molar-refractivity contribution in [3.63, 3.8) is 0 Å². The molecule has 2 heterocycles. The van der Waals surface area contributed by atoms with Gasteiger partial charge in [-0.2, -0.15) is 0 Å². The van der Waals surface area contributed by atoms with Crippen molar-refractivity contribution in [1.82, 2.24) is 10.2 Å². The van der Waals surface area contributed by atoms with Gasteiger partial charge in [0.05, 0.1) is 0 Å². The van der Waals surface area contributed by atoms with Crippen LogP contribution in [0.2, 0.25) is 0 Å². The maximum Gasteiger partial charge on any atom is 0.247 e. The van der Waals surface area contributed by atoms with E-state index in [0.717, 1.165) is 18.2 Å². The molecule has 1 saturated heterocycles. The zero-order valence-corrected chi connectivity index (χ0v) is 23.0. The Kier molecular flexibility index (Phi) is 6.93. The fraction of sp³-hybridized carbons (Fsp3) is 0.469. The molecule has 1 aromatic heterocycles. The number of carbonyl (C=O) groups excluding carboxylic acids is 3. The summed E-state index contributed by atoms with van der Waals surface area (Å²) in [4.78, 5) is 43.7. The van der Waals surface area contributed by atoms with Crippen LogP contribution in [0, 0.1) is 17.3 Å². The van der Waals surface area contributed by atoms with E-state index in [-0.39, 0.29) is 41.3 Å². The van der Waals surface area contributed by atoms with Crippen LogP contribution >= 0.6 is 0 Å². The summed E-state index contributed by atoms with van der Waals surface area (Å²) in [6, 6.07) is 15.3. The molecule has 1 N–H and O–H groups in total. The minimum absolute atomic E-state index is 0.0552. The number of furan rings is 1. The summed E-state index contributed by atoms with van der Waals surface area (Å²) in [6.45, 7) is 10.1. The quantitative estimate of drug-likeness (QED) is 0.443. The van der Waals surface area contributed by atoms with E-state index in [0.29, 0.717) is 17.8 Å². The van der Waals surface area contributed by atoms with Gasteiger partial charge in [0.25, 0.3) is 0 Å². The summed E-state index contributed by atoms with van der Waals surface area (Å²) in [6.07, 6.45) is 2.17. The number of rotatable bonds is 7. The average Bonchev–Trinajstić information content (AvgIpc) is 3.45. The third kappa shape index (κ3) is 5.13. The second kappa shape index (κ2) is 10.0. The number of hydrogen-bond donors (Lipinski definition) is 1. The lowest BCUT2D eigenvalue weighted by atomic mass is 9.84. The summed E-state index contributed by atoms with van der Waals surface area (Å²) in [7, 11) is 0. The summed E-state index contributed by atoms with van der Waals surface area (Å²) in [5, 5.41) is 3.95. The Bertz CT molecular complexity index is 1310. The van der Waals surface area contributed by atoms with Gasteiger partial charge >= 0.3 is 0 Å². The fourth-order valence-electron chi connectivity index (χ4n) is 6.08. The molecule has 2 aromatic carbocycles. The largest absolute Gasteiger partial charge is 0.458 e. The van der Waals surface area contributed by atoms with E-state index in [9.17, 15) is 14.4 Å². The number of fused-ring (bicyclic) bond motifs is 2. The Morgan fingerprint density at radius 3 is 2.26 bits per heavy atom. The SMILES string of the molecule is CC(C)C[C@@H]1C(=O)N[C@H](C2Cc3ccccc3C2)C(=O)N1[C@@H](C(=O)CC(C)(C)C)c1cc2ccccc2o1. The Hall–Kier alpha value is -3.41. The number of ketones is 1. The van der Waals surface area contributed by atoms with Crippen LogP contribution in [-0.4, -0.2) is 34.6 Å². The van der Waals surface area contributed by atoms with Crippen molar-refractivity contribution < 1.29 is 18.8 Å². The fourth-order valence-corrected chi connectivity index (χ4v) is 6.08. The van der Waals surface area contributed by atoms with Gasteiger partial charge in [-0.15, -0.1) is 0 Å². The predicted molar refractivity (Wildman–Crippen MR) is 147 cm³/mol. The van der Waals surface area contributed by atoms with Crippen LogP contribution in [0.4, 0.5) is 0 Å². The van der Waals surface area contributed by atoms with E-state index >= 15 is 0 Å². The first kappa shape index (κ1) is 26.2. The molecule has 3 atom stereocenters. The zero-order valence-electron chi connectivity index (χ0n) is 23.0. The molecule has 3 aromatic rings. The molecule has 0 spiro atoms. The third-order valence-electron chi connectivity index (χ3n) is 7.71. The monoisotopic (exact) mass is 514 g/mol. The van der Waals surface area contributed by atoms with Crippen LogP contribution in [0.3, 0.4) is 0 Å². The molecule has 0 bridgehead atoms. The highest BCUT2D eigenvalue weighted by molar-refractivity contribution is 6.01. The standard InChI is InChI=1S/C32H38N2O4/c1-19(2)14-24-30(36)33-28(23-15-20-10-6-7-11-21(20)16-23)31(37)34(24)29(25(35)18-32(3,4)5)27-17-22-12-8-9-13-26(22)38-27/h6-13,17,19,23-24,28-29H,14-16,18H2,1-5H3,(H,33,36)/t24-,28-,29+/m1/s1. The second-order valence-corrected chi connectivity index (χ2v) is 12.6. The van der Waals surface area contributed by atoms with Crippen molar-refractivity contribution in [2.24, 2.45) is 17.3 Å². The first-order valence-electron chi connectivity index (χ1n) is 13.7.